The van der Waals surface area contributed by atoms with Crippen molar-refractivity contribution in [1.82, 2.24) is 4.90 Å². The summed E-state index contributed by atoms with van der Waals surface area (Å²) in [6.07, 6.45) is 8.69. The highest BCUT2D eigenvalue weighted by atomic mass is 16.2. The van der Waals surface area contributed by atoms with Crippen LogP contribution in [0.25, 0.3) is 0 Å². The van der Waals surface area contributed by atoms with Crippen LogP contribution >= 0.6 is 0 Å². The van der Waals surface area contributed by atoms with E-state index in [1.807, 2.05) is 18.2 Å². The lowest BCUT2D eigenvalue weighted by molar-refractivity contribution is -0.137. The first-order chi connectivity index (χ1) is 14.2. The highest BCUT2D eigenvalue weighted by molar-refractivity contribution is 5.92. The predicted molar refractivity (Wildman–Crippen MR) is 122 cm³/mol. The maximum atomic E-state index is 13.2. The lowest BCUT2D eigenvalue weighted by Crippen LogP contribution is -2.44. The van der Waals surface area contributed by atoms with E-state index in [1.54, 1.807) is 0 Å². The summed E-state index contributed by atoms with van der Waals surface area (Å²) >= 11 is 0. The van der Waals surface area contributed by atoms with Crippen LogP contribution in [0, 0.1) is 11.3 Å². The Morgan fingerprint density at radius 1 is 1.07 bits per heavy atom. The molecule has 2 aliphatic rings. The molecule has 2 fully saturated rings. The molecule has 30 heavy (non-hydrogen) atoms. The van der Waals surface area contributed by atoms with Gasteiger partial charge in [-0.1, -0.05) is 45.7 Å². The van der Waals surface area contributed by atoms with Gasteiger partial charge in [-0.05, 0) is 61.6 Å². The molecule has 166 valence electrons. The quantitative estimate of drug-likeness (QED) is 0.700. The first kappa shape index (κ1) is 22.8. The fraction of sp³-hybridized carbons (Fsp3) is 0.680. The van der Waals surface area contributed by atoms with Crippen LogP contribution in [-0.4, -0.2) is 28.8 Å². The normalized spacial score (nSPS) is 22.7. The molecule has 0 radical (unpaired) electrons. The Hall–Kier alpha value is -1.88. The number of hydrogen-bond donors (Lipinski definition) is 2. The lowest BCUT2D eigenvalue weighted by Gasteiger charge is -2.37. The molecule has 0 heterocycles. The van der Waals surface area contributed by atoms with Gasteiger partial charge in [-0.15, -0.1) is 0 Å². The Morgan fingerprint density at radius 2 is 1.73 bits per heavy atom. The Balaban J connectivity index is 1.71. The second kappa shape index (κ2) is 9.95. The van der Waals surface area contributed by atoms with Crippen molar-refractivity contribution in [2.24, 2.45) is 17.1 Å². The summed E-state index contributed by atoms with van der Waals surface area (Å²) in [6, 6.07) is 8.50. The molecule has 2 saturated carbocycles. The van der Waals surface area contributed by atoms with Crippen molar-refractivity contribution >= 4 is 17.5 Å². The number of hydrogen-bond acceptors (Lipinski definition) is 3. The van der Waals surface area contributed by atoms with Crippen molar-refractivity contribution < 1.29 is 9.59 Å². The molecule has 3 N–H and O–H groups in total. The Bertz CT molecular complexity index is 726. The van der Waals surface area contributed by atoms with Gasteiger partial charge < -0.3 is 16.0 Å². The zero-order valence-electron chi connectivity index (χ0n) is 19.0. The summed E-state index contributed by atoms with van der Waals surface area (Å²) in [5.74, 6) is 0.486. The van der Waals surface area contributed by atoms with Crippen LogP contribution in [0.1, 0.15) is 84.1 Å². The van der Waals surface area contributed by atoms with Gasteiger partial charge in [-0.2, -0.15) is 0 Å². The van der Waals surface area contributed by atoms with E-state index in [9.17, 15) is 9.59 Å². The minimum Gasteiger partial charge on any atom is -0.335 e. The molecule has 0 bridgehead atoms. The molecule has 0 unspecified atom stereocenters. The van der Waals surface area contributed by atoms with Gasteiger partial charge in [-0.3, -0.25) is 9.59 Å². The number of carbonyl (C=O) groups excluding carboxylic acids is 2. The molecule has 1 aromatic rings. The molecule has 0 aliphatic heterocycles. The zero-order valence-corrected chi connectivity index (χ0v) is 19.0. The van der Waals surface area contributed by atoms with Gasteiger partial charge in [0, 0.05) is 36.7 Å². The highest BCUT2D eigenvalue weighted by Gasteiger charge is 2.30. The molecule has 0 saturated heterocycles. The number of nitrogens with two attached hydrogens (primary N) is 1. The van der Waals surface area contributed by atoms with E-state index >= 15 is 0 Å². The molecule has 2 amide bonds. The van der Waals surface area contributed by atoms with E-state index in [0.717, 1.165) is 62.6 Å². The Morgan fingerprint density at radius 3 is 2.37 bits per heavy atom. The largest absolute Gasteiger partial charge is 0.335 e. The third-order valence-corrected chi connectivity index (χ3v) is 6.46. The Labute approximate surface area is 181 Å². The van der Waals surface area contributed by atoms with Crippen molar-refractivity contribution in [2.45, 2.75) is 97.2 Å². The first-order valence-corrected chi connectivity index (χ1v) is 11.7. The van der Waals surface area contributed by atoms with Crippen molar-refractivity contribution in [1.29, 1.82) is 0 Å². The summed E-state index contributed by atoms with van der Waals surface area (Å²) < 4.78 is 0. The lowest BCUT2D eigenvalue weighted by atomic mass is 9.88. The van der Waals surface area contributed by atoms with E-state index < -0.39 is 0 Å². The van der Waals surface area contributed by atoms with Crippen molar-refractivity contribution in [2.75, 3.05) is 5.32 Å². The predicted octanol–water partition coefficient (Wildman–Crippen LogP) is 4.85. The molecular weight excluding hydrogens is 374 g/mol. The van der Waals surface area contributed by atoms with Crippen molar-refractivity contribution in [3.63, 3.8) is 0 Å². The van der Waals surface area contributed by atoms with Crippen LogP contribution in [0.5, 0.6) is 0 Å². The van der Waals surface area contributed by atoms with Crippen molar-refractivity contribution in [3.8, 4) is 0 Å². The van der Waals surface area contributed by atoms with E-state index in [-0.39, 0.29) is 35.2 Å². The summed E-state index contributed by atoms with van der Waals surface area (Å²) in [6.45, 7) is 6.92. The minimum atomic E-state index is -0.0441. The Kier molecular flexibility index (Phi) is 7.56. The van der Waals surface area contributed by atoms with Crippen LogP contribution in [-0.2, 0) is 16.1 Å². The van der Waals surface area contributed by atoms with E-state index in [2.05, 4.69) is 37.1 Å². The highest BCUT2D eigenvalue weighted by Crippen LogP contribution is 2.29. The molecule has 2 aliphatic carbocycles. The van der Waals surface area contributed by atoms with Gasteiger partial charge in [0.15, 0.2) is 0 Å². The van der Waals surface area contributed by atoms with Gasteiger partial charge in [0.1, 0.15) is 0 Å². The molecule has 0 atom stereocenters. The molecule has 0 aromatic heterocycles. The average molecular weight is 414 g/mol. The van der Waals surface area contributed by atoms with Gasteiger partial charge in [-0.25, -0.2) is 0 Å². The fourth-order valence-corrected chi connectivity index (χ4v) is 4.77. The van der Waals surface area contributed by atoms with Crippen LogP contribution in [0.4, 0.5) is 5.69 Å². The molecule has 5 nitrogen and oxygen atoms in total. The second-order valence-corrected chi connectivity index (χ2v) is 10.5. The molecule has 1 aromatic carbocycles. The van der Waals surface area contributed by atoms with Crippen LogP contribution in [0.15, 0.2) is 24.3 Å². The zero-order chi connectivity index (χ0) is 21.7. The summed E-state index contributed by atoms with van der Waals surface area (Å²) in [5.41, 5.74) is 7.96. The molecule has 0 spiro atoms. The topological polar surface area (TPSA) is 75.4 Å². The third-order valence-electron chi connectivity index (χ3n) is 6.46. The fourth-order valence-electron chi connectivity index (χ4n) is 4.77. The standard InChI is InChI=1S/C25H39N3O2/c1-25(2,3)16-23(29)28(22-13-11-20(26)12-14-22)17-18-7-6-10-21(15-18)27-24(30)19-8-4-5-9-19/h6-7,10,15,19-20,22H,4-5,8-9,11-14,16-17,26H2,1-3H3,(H,27,30). The van der Waals surface area contributed by atoms with E-state index in [1.165, 1.54) is 0 Å². The van der Waals surface area contributed by atoms with Gasteiger partial charge in [0.05, 0.1) is 0 Å². The number of anilines is 1. The van der Waals surface area contributed by atoms with Gasteiger partial charge >= 0.3 is 0 Å². The number of benzene rings is 1. The third kappa shape index (κ3) is 6.56. The van der Waals surface area contributed by atoms with Crippen LogP contribution in [0.3, 0.4) is 0 Å². The van der Waals surface area contributed by atoms with Crippen LogP contribution < -0.4 is 11.1 Å². The smallest absolute Gasteiger partial charge is 0.227 e. The molecule has 3 rings (SSSR count). The second-order valence-electron chi connectivity index (χ2n) is 10.5. The molecule has 5 heteroatoms. The van der Waals surface area contributed by atoms with E-state index in [0.29, 0.717) is 13.0 Å². The minimum absolute atomic E-state index is 0.0441. The van der Waals surface area contributed by atoms with E-state index in [4.69, 9.17) is 5.73 Å². The first-order valence-electron chi connectivity index (χ1n) is 11.7. The summed E-state index contributed by atoms with van der Waals surface area (Å²) in [7, 11) is 0. The number of amides is 2. The number of rotatable bonds is 6. The number of carbonyl (C=O) groups is 2. The average Bonchev–Trinajstić information content (AvgIpc) is 3.21. The number of nitrogens with zero attached hydrogens (tertiary/aromatic N) is 1. The van der Waals surface area contributed by atoms with Crippen LogP contribution in [0.2, 0.25) is 0 Å². The van der Waals surface area contributed by atoms with Gasteiger partial charge in [0.2, 0.25) is 11.8 Å². The SMILES string of the molecule is CC(C)(C)CC(=O)N(Cc1cccc(NC(=O)C2CCCC2)c1)C1CCC(N)CC1. The monoisotopic (exact) mass is 413 g/mol. The summed E-state index contributed by atoms with van der Waals surface area (Å²) in [5, 5.41) is 3.09. The number of nitrogens with one attached hydrogen (secondary N) is 1. The maximum Gasteiger partial charge on any atom is 0.227 e. The summed E-state index contributed by atoms with van der Waals surface area (Å²) in [4.78, 5) is 27.8. The van der Waals surface area contributed by atoms with Crippen molar-refractivity contribution in [3.05, 3.63) is 29.8 Å². The molecular formula is C25H39N3O2. The maximum absolute atomic E-state index is 13.2. The van der Waals surface area contributed by atoms with Gasteiger partial charge in [0.25, 0.3) is 0 Å².